The highest BCUT2D eigenvalue weighted by atomic mass is 19.1. The molecule has 1 nitrogen and oxygen atoms in total. The number of nitrogens with zero attached hydrogens (tertiary/aromatic N) is 1. The van der Waals surface area contributed by atoms with Crippen molar-refractivity contribution in [2.24, 2.45) is 0 Å². The van der Waals surface area contributed by atoms with E-state index in [4.69, 9.17) is 0 Å². The summed E-state index contributed by atoms with van der Waals surface area (Å²) < 4.78 is 12.4. The van der Waals surface area contributed by atoms with Gasteiger partial charge in [-0.05, 0) is 32.9 Å². The number of hydrogen-bond donors (Lipinski definition) is 0. The van der Waals surface area contributed by atoms with Crippen molar-refractivity contribution in [1.29, 1.82) is 0 Å². The van der Waals surface area contributed by atoms with Gasteiger partial charge in [-0.1, -0.05) is 6.42 Å². The summed E-state index contributed by atoms with van der Waals surface area (Å²) in [5.41, 5.74) is 0. The van der Waals surface area contributed by atoms with Crippen LogP contribution in [0, 0.1) is 0 Å². The summed E-state index contributed by atoms with van der Waals surface area (Å²) in [4.78, 5) is 2.22. The molecule has 1 rings (SSSR count). The molecule has 1 saturated heterocycles. The van der Waals surface area contributed by atoms with Crippen molar-refractivity contribution in [2.75, 3.05) is 19.6 Å². The van der Waals surface area contributed by atoms with E-state index in [1.807, 2.05) is 0 Å². The smallest absolute Gasteiger partial charge is 0.110 e. The Labute approximate surface area is 62.2 Å². The lowest BCUT2D eigenvalue weighted by molar-refractivity contribution is 0.175. The third-order valence-corrected chi connectivity index (χ3v) is 1.96. The van der Waals surface area contributed by atoms with Crippen molar-refractivity contribution in [3.05, 3.63) is 0 Å². The molecule has 0 N–H and O–H groups in total. The number of likely N-dealkylation sites (tertiary alicyclic amines) is 1. The topological polar surface area (TPSA) is 3.24 Å². The van der Waals surface area contributed by atoms with E-state index in [1.54, 1.807) is 6.92 Å². The zero-order chi connectivity index (χ0) is 7.40. The van der Waals surface area contributed by atoms with E-state index in [0.29, 0.717) is 6.54 Å². The number of rotatable bonds is 2. The Morgan fingerprint density at radius 3 is 2.40 bits per heavy atom. The van der Waals surface area contributed by atoms with Crippen LogP contribution in [0.25, 0.3) is 0 Å². The highest BCUT2D eigenvalue weighted by Gasteiger charge is 2.11. The summed E-state index contributed by atoms with van der Waals surface area (Å²) in [6.07, 6.45) is 3.19. The number of halogens is 1. The molecule has 0 saturated carbocycles. The Balaban J connectivity index is 2.13. The third-order valence-electron chi connectivity index (χ3n) is 1.96. The highest BCUT2D eigenvalue weighted by molar-refractivity contribution is 4.66. The molecule has 0 aromatic carbocycles. The van der Waals surface area contributed by atoms with Crippen LogP contribution in [0.3, 0.4) is 0 Å². The Bertz CT molecular complexity index is 87.3. The Morgan fingerprint density at radius 1 is 1.30 bits per heavy atom. The van der Waals surface area contributed by atoms with Crippen molar-refractivity contribution in [3.8, 4) is 0 Å². The first-order valence-electron chi connectivity index (χ1n) is 4.15. The van der Waals surface area contributed by atoms with E-state index < -0.39 is 6.17 Å². The normalized spacial score (nSPS) is 24.6. The minimum Gasteiger partial charge on any atom is -0.300 e. The molecule has 0 aromatic heterocycles. The third kappa shape index (κ3) is 2.65. The van der Waals surface area contributed by atoms with Crippen molar-refractivity contribution in [2.45, 2.75) is 32.4 Å². The summed E-state index contributed by atoms with van der Waals surface area (Å²) in [7, 11) is 0. The maximum absolute atomic E-state index is 12.4. The van der Waals surface area contributed by atoms with Crippen LogP contribution in [-0.2, 0) is 0 Å². The van der Waals surface area contributed by atoms with Gasteiger partial charge in [0.2, 0.25) is 0 Å². The molecular weight excluding hydrogens is 129 g/mol. The quantitative estimate of drug-likeness (QED) is 0.573. The summed E-state index contributed by atoms with van der Waals surface area (Å²) in [5.74, 6) is 0. The Kier molecular flexibility index (Phi) is 3.13. The number of hydrogen-bond acceptors (Lipinski definition) is 1. The van der Waals surface area contributed by atoms with E-state index in [0.717, 1.165) is 13.1 Å². The maximum atomic E-state index is 12.4. The fourth-order valence-electron chi connectivity index (χ4n) is 1.50. The predicted octanol–water partition coefficient (Wildman–Crippen LogP) is 1.83. The molecule has 0 bridgehead atoms. The van der Waals surface area contributed by atoms with E-state index in [2.05, 4.69) is 4.90 Å². The molecule has 1 aliphatic rings. The monoisotopic (exact) mass is 145 g/mol. The lowest BCUT2D eigenvalue weighted by atomic mass is 10.1. The van der Waals surface area contributed by atoms with E-state index in [9.17, 15) is 4.39 Å². The molecule has 1 aliphatic heterocycles. The van der Waals surface area contributed by atoms with Crippen LogP contribution in [-0.4, -0.2) is 30.7 Å². The van der Waals surface area contributed by atoms with Gasteiger partial charge in [0.05, 0.1) is 0 Å². The lowest BCUT2D eigenvalue weighted by Gasteiger charge is -2.26. The molecule has 2 heteroatoms. The molecule has 1 heterocycles. The van der Waals surface area contributed by atoms with Gasteiger partial charge in [0.15, 0.2) is 0 Å². The van der Waals surface area contributed by atoms with E-state index >= 15 is 0 Å². The van der Waals surface area contributed by atoms with Crippen molar-refractivity contribution in [1.82, 2.24) is 4.90 Å². The molecule has 1 fully saturated rings. The van der Waals surface area contributed by atoms with Gasteiger partial charge < -0.3 is 4.90 Å². The Hall–Kier alpha value is -0.110. The summed E-state index contributed by atoms with van der Waals surface area (Å²) in [5, 5.41) is 0. The van der Waals surface area contributed by atoms with Gasteiger partial charge in [0, 0.05) is 6.54 Å². The number of piperidine rings is 1. The maximum Gasteiger partial charge on any atom is 0.110 e. The molecule has 0 radical (unpaired) electrons. The predicted molar refractivity (Wildman–Crippen MR) is 40.9 cm³/mol. The fraction of sp³-hybridized carbons (Fsp3) is 1.00. The summed E-state index contributed by atoms with van der Waals surface area (Å²) >= 11 is 0. The summed E-state index contributed by atoms with van der Waals surface area (Å²) in [6.45, 7) is 4.48. The van der Waals surface area contributed by atoms with Gasteiger partial charge in [0.25, 0.3) is 0 Å². The van der Waals surface area contributed by atoms with Gasteiger partial charge in [-0.3, -0.25) is 0 Å². The molecule has 1 atom stereocenters. The first-order valence-corrected chi connectivity index (χ1v) is 4.15. The van der Waals surface area contributed by atoms with Crippen LogP contribution in [0.5, 0.6) is 0 Å². The van der Waals surface area contributed by atoms with Gasteiger partial charge >= 0.3 is 0 Å². The van der Waals surface area contributed by atoms with Crippen LogP contribution in [0.2, 0.25) is 0 Å². The fourth-order valence-corrected chi connectivity index (χ4v) is 1.50. The van der Waals surface area contributed by atoms with Crippen LogP contribution < -0.4 is 0 Å². The van der Waals surface area contributed by atoms with Crippen LogP contribution >= 0.6 is 0 Å². The van der Waals surface area contributed by atoms with Crippen molar-refractivity contribution >= 4 is 0 Å². The molecule has 0 unspecified atom stereocenters. The van der Waals surface area contributed by atoms with Gasteiger partial charge in [-0.2, -0.15) is 0 Å². The zero-order valence-electron chi connectivity index (χ0n) is 6.65. The average Bonchev–Trinajstić information content (AvgIpc) is 1.88. The molecule has 0 amide bonds. The standard InChI is InChI=1S/C8H16FN/c1-8(9)7-10-5-3-2-4-6-10/h8H,2-7H2,1H3/t8-/m0/s1. The second-order valence-electron chi connectivity index (χ2n) is 3.14. The molecule has 10 heavy (non-hydrogen) atoms. The second kappa shape index (κ2) is 3.91. The number of alkyl halides is 1. The minimum absolute atomic E-state index is 0.639. The Morgan fingerprint density at radius 2 is 1.90 bits per heavy atom. The second-order valence-corrected chi connectivity index (χ2v) is 3.14. The lowest BCUT2D eigenvalue weighted by Crippen LogP contribution is -2.33. The van der Waals surface area contributed by atoms with E-state index in [-0.39, 0.29) is 0 Å². The molecule has 60 valence electrons. The van der Waals surface area contributed by atoms with Crippen LogP contribution in [0.4, 0.5) is 4.39 Å². The minimum atomic E-state index is -0.655. The van der Waals surface area contributed by atoms with E-state index in [1.165, 1.54) is 19.3 Å². The molecule has 0 aliphatic carbocycles. The first-order chi connectivity index (χ1) is 4.79. The van der Waals surface area contributed by atoms with Crippen LogP contribution in [0.15, 0.2) is 0 Å². The molecule has 0 spiro atoms. The van der Waals surface area contributed by atoms with Crippen molar-refractivity contribution in [3.63, 3.8) is 0 Å². The largest absolute Gasteiger partial charge is 0.300 e. The zero-order valence-corrected chi connectivity index (χ0v) is 6.65. The summed E-state index contributed by atoms with van der Waals surface area (Å²) in [6, 6.07) is 0. The average molecular weight is 145 g/mol. The van der Waals surface area contributed by atoms with Gasteiger partial charge in [0.1, 0.15) is 6.17 Å². The highest BCUT2D eigenvalue weighted by Crippen LogP contribution is 2.09. The molecular formula is C8H16FN. The van der Waals surface area contributed by atoms with Crippen molar-refractivity contribution < 1.29 is 4.39 Å². The van der Waals surface area contributed by atoms with Gasteiger partial charge in [-0.15, -0.1) is 0 Å². The van der Waals surface area contributed by atoms with Crippen LogP contribution in [0.1, 0.15) is 26.2 Å². The first kappa shape index (κ1) is 7.99. The SMILES string of the molecule is C[C@H](F)CN1CCCCC1. The van der Waals surface area contributed by atoms with Gasteiger partial charge in [-0.25, -0.2) is 4.39 Å². The molecule has 0 aromatic rings.